The Hall–Kier alpha value is -1.94. The lowest BCUT2D eigenvalue weighted by atomic mass is 10.0. The Bertz CT molecular complexity index is 599. The number of rotatable bonds is 5. The summed E-state index contributed by atoms with van der Waals surface area (Å²) in [6.07, 6.45) is 1.35. The van der Waals surface area contributed by atoms with Crippen molar-refractivity contribution in [1.82, 2.24) is 4.72 Å². The Morgan fingerprint density at radius 3 is 2.45 bits per heavy atom. The van der Waals surface area contributed by atoms with Gasteiger partial charge in [-0.2, -0.15) is 0 Å². The van der Waals surface area contributed by atoms with Crippen molar-refractivity contribution in [2.75, 3.05) is 0 Å². The second-order valence-electron chi connectivity index (χ2n) is 4.39. The van der Waals surface area contributed by atoms with E-state index in [9.17, 15) is 9.90 Å². The summed E-state index contributed by atoms with van der Waals surface area (Å²) in [5, 5.41) is 9.95. The van der Waals surface area contributed by atoms with Crippen molar-refractivity contribution >= 4 is 17.9 Å². The van der Waals surface area contributed by atoms with Crippen LogP contribution in [0.25, 0.3) is 11.1 Å². The molecule has 0 aliphatic carbocycles. The maximum Gasteiger partial charge on any atom is 0.230 e. The molecule has 0 spiro atoms. The number of phenolic OH excluding ortho intramolecular Hbond substituents is 1. The molecule has 0 saturated carbocycles. The molecule has 0 heterocycles. The van der Waals surface area contributed by atoms with Gasteiger partial charge in [-0.05, 0) is 30.5 Å². The third-order valence-corrected chi connectivity index (χ3v) is 3.74. The number of para-hydroxylation sites is 1. The number of phenols is 1. The molecule has 0 aliphatic heterocycles. The summed E-state index contributed by atoms with van der Waals surface area (Å²) >= 11 is 1.29. The molecule has 3 nitrogen and oxygen atoms in total. The minimum absolute atomic E-state index is 0.0181. The second-order valence-corrected chi connectivity index (χ2v) is 5.24. The molecule has 1 amide bonds. The predicted molar refractivity (Wildman–Crippen MR) is 82.5 cm³/mol. The number of nitrogens with one attached hydrogen (secondary N) is 1. The fourth-order valence-electron chi connectivity index (χ4n) is 1.87. The summed E-state index contributed by atoms with van der Waals surface area (Å²) in [5.41, 5.74) is 1.67. The molecule has 4 heteroatoms. The van der Waals surface area contributed by atoms with E-state index in [2.05, 4.69) is 4.72 Å². The van der Waals surface area contributed by atoms with E-state index in [1.165, 1.54) is 11.9 Å². The number of carbonyl (C=O) groups excluding carboxylic acids is 1. The Morgan fingerprint density at radius 2 is 1.75 bits per heavy atom. The van der Waals surface area contributed by atoms with Crippen molar-refractivity contribution in [3.63, 3.8) is 0 Å². The van der Waals surface area contributed by atoms with Gasteiger partial charge in [-0.1, -0.05) is 43.3 Å². The second kappa shape index (κ2) is 7.01. The van der Waals surface area contributed by atoms with Crippen LogP contribution in [0.4, 0.5) is 0 Å². The van der Waals surface area contributed by atoms with Gasteiger partial charge < -0.3 is 5.11 Å². The molecule has 0 fully saturated rings. The first kappa shape index (κ1) is 14.5. The van der Waals surface area contributed by atoms with E-state index in [0.29, 0.717) is 6.42 Å². The van der Waals surface area contributed by atoms with E-state index in [4.69, 9.17) is 0 Å². The van der Waals surface area contributed by atoms with Gasteiger partial charge in [0, 0.05) is 22.4 Å². The maximum atomic E-state index is 11.5. The van der Waals surface area contributed by atoms with E-state index in [1.54, 1.807) is 12.1 Å². The van der Waals surface area contributed by atoms with E-state index in [1.807, 2.05) is 43.3 Å². The van der Waals surface area contributed by atoms with E-state index in [-0.39, 0.29) is 11.7 Å². The highest BCUT2D eigenvalue weighted by Crippen LogP contribution is 2.35. The Kier molecular flexibility index (Phi) is 5.07. The summed E-state index contributed by atoms with van der Waals surface area (Å²) in [7, 11) is 0. The quantitative estimate of drug-likeness (QED) is 0.818. The first-order chi connectivity index (χ1) is 9.72. The van der Waals surface area contributed by atoms with Crippen molar-refractivity contribution in [2.45, 2.75) is 24.7 Å². The standard InChI is InChI=1S/C16H17NO2S/c1-2-7-16(19)17-20-15-11-6-4-9-13(15)12-8-3-5-10-14(12)18/h3-6,8-11,18H,2,7H2,1H3,(H,17,19). The molecule has 0 atom stereocenters. The summed E-state index contributed by atoms with van der Waals surface area (Å²) in [5.74, 6) is 0.255. The molecule has 0 aliphatic rings. The van der Waals surface area contributed by atoms with E-state index < -0.39 is 0 Å². The Morgan fingerprint density at radius 1 is 1.10 bits per heavy atom. The van der Waals surface area contributed by atoms with Crippen LogP contribution in [0.3, 0.4) is 0 Å². The van der Waals surface area contributed by atoms with Gasteiger partial charge in [-0.25, -0.2) is 0 Å². The SMILES string of the molecule is CCCC(=O)NSc1ccccc1-c1ccccc1O. The van der Waals surface area contributed by atoms with Crippen molar-refractivity contribution in [1.29, 1.82) is 0 Å². The molecule has 0 unspecified atom stereocenters. The number of amides is 1. The number of aromatic hydroxyl groups is 1. The van der Waals surface area contributed by atoms with Gasteiger partial charge in [0.05, 0.1) is 0 Å². The third-order valence-electron chi connectivity index (χ3n) is 2.83. The van der Waals surface area contributed by atoms with Crippen LogP contribution >= 0.6 is 11.9 Å². The summed E-state index contributed by atoms with van der Waals surface area (Å²) in [4.78, 5) is 12.5. The van der Waals surface area contributed by atoms with Gasteiger partial charge in [0.2, 0.25) is 5.91 Å². The number of hydrogen-bond acceptors (Lipinski definition) is 3. The minimum Gasteiger partial charge on any atom is -0.507 e. The highest BCUT2D eigenvalue weighted by molar-refractivity contribution is 7.98. The highest BCUT2D eigenvalue weighted by atomic mass is 32.2. The monoisotopic (exact) mass is 287 g/mol. The van der Waals surface area contributed by atoms with Crippen LogP contribution in [-0.4, -0.2) is 11.0 Å². The van der Waals surface area contributed by atoms with Crippen molar-refractivity contribution < 1.29 is 9.90 Å². The average molecular weight is 287 g/mol. The Labute approximate surface area is 123 Å². The molecule has 0 saturated heterocycles. The first-order valence-electron chi connectivity index (χ1n) is 6.55. The fraction of sp³-hybridized carbons (Fsp3) is 0.188. The number of benzene rings is 2. The van der Waals surface area contributed by atoms with Crippen molar-refractivity contribution in [3.05, 3.63) is 48.5 Å². The number of carbonyl (C=O) groups is 1. The number of hydrogen-bond donors (Lipinski definition) is 2. The topological polar surface area (TPSA) is 49.3 Å². The molecule has 0 aromatic heterocycles. The van der Waals surface area contributed by atoms with Crippen molar-refractivity contribution in [2.24, 2.45) is 0 Å². The van der Waals surface area contributed by atoms with E-state index >= 15 is 0 Å². The summed E-state index contributed by atoms with van der Waals surface area (Å²) < 4.78 is 2.83. The van der Waals surface area contributed by atoms with Gasteiger partial charge >= 0.3 is 0 Å². The molecular weight excluding hydrogens is 270 g/mol. The first-order valence-corrected chi connectivity index (χ1v) is 7.37. The highest BCUT2D eigenvalue weighted by Gasteiger charge is 2.10. The predicted octanol–water partition coefficient (Wildman–Crippen LogP) is 3.98. The molecule has 2 rings (SSSR count). The van der Waals surface area contributed by atoms with Crippen LogP contribution in [0.1, 0.15) is 19.8 Å². The lowest BCUT2D eigenvalue weighted by Crippen LogP contribution is -2.14. The van der Waals surface area contributed by atoms with Crippen LogP contribution in [0, 0.1) is 0 Å². The van der Waals surface area contributed by atoms with Crippen molar-refractivity contribution in [3.8, 4) is 16.9 Å². The summed E-state index contributed by atoms with van der Waals surface area (Å²) in [6, 6.07) is 14.9. The zero-order valence-corrected chi connectivity index (χ0v) is 12.1. The van der Waals surface area contributed by atoms with Crippen LogP contribution in [0.2, 0.25) is 0 Å². The van der Waals surface area contributed by atoms with Crippen LogP contribution in [-0.2, 0) is 4.79 Å². The molecule has 104 valence electrons. The molecule has 20 heavy (non-hydrogen) atoms. The minimum atomic E-state index is 0.0181. The lowest BCUT2D eigenvalue weighted by molar-refractivity contribution is -0.119. The largest absolute Gasteiger partial charge is 0.507 e. The smallest absolute Gasteiger partial charge is 0.230 e. The van der Waals surface area contributed by atoms with Gasteiger partial charge in [0.1, 0.15) is 5.75 Å². The molecule has 2 aromatic carbocycles. The Balaban J connectivity index is 2.23. The third kappa shape index (κ3) is 3.54. The normalized spacial score (nSPS) is 10.2. The molecule has 0 bridgehead atoms. The molecule has 2 N–H and O–H groups in total. The molecular formula is C16H17NO2S. The zero-order chi connectivity index (χ0) is 14.4. The average Bonchev–Trinajstić information content (AvgIpc) is 2.46. The van der Waals surface area contributed by atoms with Crippen LogP contribution in [0.5, 0.6) is 5.75 Å². The van der Waals surface area contributed by atoms with Gasteiger partial charge in [-0.15, -0.1) is 0 Å². The summed E-state index contributed by atoms with van der Waals surface area (Å²) in [6.45, 7) is 1.97. The maximum absolute atomic E-state index is 11.5. The molecule has 0 radical (unpaired) electrons. The van der Waals surface area contributed by atoms with E-state index in [0.717, 1.165) is 22.4 Å². The van der Waals surface area contributed by atoms with Crippen LogP contribution < -0.4 is 4.72 Å². The van der Waals surface area contributed by atoms with Gasteiger partial charge in [0.25, 0.3) is 0 Å². The fourth-order valence-corrected chi connectivity index (χ4v) is 2.63. The lowest BCUT2D eigenvalue weighted by Gasteiger charge is -2.11. The van der Waals surface area contributed by atoms with Crippen LogP contribution in [0.15, 0.2) is 53.4 Å². The van der Waals surface area contributed by atoms with Gasteiger partial charge in [0.15, 0.2) is 0 Å². The molecule has 2 aromatic rings. The van der Waals surface area contributed by atoms with Gasteiger partial charge in [-0.3, -0.25) is 9.52 Å². The zero-order valence-electron chi connectivity index (χ0n) is 11.3.